The predicted octanol–water partition coefficient (Wildman–Crippen LogP) is 3.82. The minimum Gasteiger partial charge on any atom is -0.593 e. The van der Waals surface area contributed by atoms with E-state index in [0.29, 0.717) is 4.90 Å². The topological polar surface area (TPSA) is 77.3 Å². The van der Waals surface area contributed by atoms with Crippen molar-refractivity contribution in [3.05, 3.63) is 48.0 Å². The van der Waals surface area contributed by atoms with Crippen molar-refractivity contribution in [3.63, 3.8) is 0 Å². The van der Waals surface area contributed by atoms with Crippen LogP contribution in [0.5, 0.6) is 5.75 Å². The Morgan fingerprint density at radius 2 is 1.64 bits per heavy atom. The van der Waals surface area contributed by atoms with Crippen molar-refractivity contribution < 1.29 is 18.1 Å². The summed E-state index contributed by atoms with van der Waals surface area (Å²) in [4.78, 5) is 1.04. The van der Waals surface area contributed by atoms with Gasteiger partial charge >= 0.3 is 0 Å². The highest BCUT2D eigenvalue weighted by Crippen LogP contribution is 2.35. The maximum absolute atomic E-state index is 11.4. The zero-order valence-electron chi connectivity index (χ0n) is 12.6. The molecule has 0 aliphatic rings. The lowest BCUT2D eigenvalue weighted by Crippen LogP contribution is -2.10. The molecule has 4 nitrogen and oxygen atoms in total. The molecule has 0 atom stereocenters. The van der Waals surface area contributed by atoms with Gasteiger partial charge in [0.1, 0.15) is 4.90 Å². The van der Waals surface area contributed by atoms with Crippen LogP contribution in [-0.4, -0.2) is 18.1 Å². The predicted molar refractivity (Wildman–Crippen MR) is 88.6 cm³/mol. The van der Waals surface area contributed by atoms with E-state index >= 15 is 0 Å². The van der Waals surface area contributed by atoms with Gasteiger partial charge in [0, 0.05) is 15.9 Å². The van der Waals surface area contributed by atoms with E-state index in [2.05, 4.69) is 20.8 Å². The van der Waals surface area contributed by atoms with Crippen LogP contribution >= 0.6 is 11.8 Å². The van der Waals surface area contributed by atoms with Crippen molar-refractivity contribution >= 4 is 21.9 Å². The maximum Gasteiger partial charge on any atom is 0.296 e. The second-order valence-corrected chi connectivity index (χ2v) is 8.52. The number of benzene rings is 2. The van der Waals surface area contributed by atoms with Gasteiger partial charge in [-0.25, -0.2) is 0 Å². The highest BCUT2D eigenvalue weighted by molar-refractivity contribution is 8.00. The van der Waals surface area contributed by atoms with Crippen LogP contribution in [0.15, 0.2) is 57.2 Å². The Morgan fingerprint density at radius 3 is 2.14 bits per heavy atom. The van der Waals surface area contributed by atoms with Gasteiger partial charge in [-0.2, -0.15) is 8.42 Å². The van der Waals surface area contributed by atoms with Crippen LogP contribution in [0.2, 0.25) is 0 Å². The van der Waals surface area contributed by atoms with Crippen LogP contribution in [0, 0.1) is 0 Å². The lowest BCUT2D eigenvalue weighted by Gasteiger charge is -2.19. The monoisotopic (exact) mass is 339 g/mol. The third kappa shape index (κ3) is 4.03. The van der Waals surface area contributed by atoms with Crippen molar-refractivity contribution in [2.75, 3.05) is 0 Å². The zero-order valence-corrected chi connectivity index (χ0v) is 14.3. The van der Waals surface area contributed by atoms with Gasteiger partial charge in [0.25, 0.3) is 15.9 Å². The summed E-state index contributed by atoms with van der Waals surface area (Å²) >= 11 is 1.25. The molecule has 0 heterocycles. The Morgan fingerprint density at radius 1 is 1.05 bits per heavy atom. The third-order valence-electron chi connectivity index (χ3n) is 3.17. The van der Waals surface area contributed by atoms with Crippen molar-refractivity contribution in [3.8, 4) is 5.75 Å². The van der Waals surface area contributed by atoms with E-state index in [0.717, 1.165) is 11.0 Å². The van der Waals surface area contributed by atoms with Crippen molar-refractivity contribution in [2.24, 2.45) is 0 Å². The minimum absolute atomic E-state index is 0.0417. The second-order valence-electron chi connectivity index (χ2n) is 6.01. The van der Waals surface area contributed by atoms with Gasteiger partial charge in [-0.3, -0.25) is 4.55 Å². The molecule has 118 valence electrons. The molecule has 0 amide bonds. The summed E-state index contributed by atoms with van der Waals surface area (Å²) in [7, 11) is -4.35. The van der Waals surface area contributed by atoms with Gasteiger partial charge in [0.15, 0.2) is 0 Å². The number of hydrogen-bond donors (Lipinski definition) is 1. The molecule has 0 radical (unpaired) electrons. The van der Waals surface area contributed by atoms with E-state index in [1.807, 2.05) is 24.3 Å². The molecule has 0 spiro atoms. The van der Waals surface area contributed by atoms with Crippen molar-refractivity contribution in [2.45, 2.75) is 40.9 Å². The van der Waals surface area contributed by atoms with Gasteiger partial charge in [-0.05, 0) is 29.2 Å². The summed E-state index contributed by atoms with van der Waals surface area (Å²) in [5, 5.41) is 7.50. The number of rotatable bonds is 3. The molecule has 0 saturated heterocycles. The molecule has 22 heavy (non-hydrogen) atoms. The fourth-order valence-electron chi connectivity index (χ4n) is 1.94. The maximum atomic E-state index is 11.4. The van der Waals surface area contributed by atoms with E-state index in [-0.39, 0.29) is 16.1 Å². The first-order valence-electron chi connectivity index (χ1n) is 6.69. The molecule has 0 unspecified atom stereocenters. The standard InChI is InChI=1S/C16H18O4S2/c1-16(2,3)11-4-7-13(8-5-11)21-14-9-6-12(17)10-15(14)22(18,19)20/h4-10,17H,1-3H3,(H,18,19,20)/p+1. The molecule has 0 fully saturated rings. The average molecular weight is 339 g/mol. The Bertz CT molecular complexity index is 773. The average Bonchev–Trinajstić information content (AvgIpc) is 2.39. The van der Waals surface area contributed by atoms with Crippen LogP contribution < -0.4 is 0 Å². The Balaban J connectivity index is 2.36. The van der Waals surface area contributed by atoms with E-state index < -0.39 is 10.1 Å². The van der Waals surface area contributed by atoms with Gasteiger partial charge in [0.2, 0.25) is 0 Å². The molecule has 6 heteroatoms. The Hall–Kier alpha value is -1.50. The largest absolute Gasteiger partial charge is 0.593 e. The Kier molecular flexibility index (Phi) is 4.56. The molecule has 0 aromatic heterocycles. The summed E-state index contributed by atoms with van der Waals surface area (Å²) in [5.41, 5.74) is 1.24. The lowest BCUT2D eigenvalue weighted by molar-refractivity contribution is 0.464. The summed E-state index contributed by atoms with van der Waals surface area (Å²) in [6, 6.07) is 12.1. The van der Waals surface area contributed by atoms with Crippen molar-refractivity contribution in [1.82, 2.24) is 0 Å². The first-order chi connectivity index (χ1) is 10.1. The molecule has 0 bridgehead atoms. The molecule has 2 aromatic rings. The minimum atomic E-state index is -4.35. The quantitative estimate of drug-likeness (QED) is 0.681. The van der Waals surface area contributed by atoms with Gasteiger partial charge in [-0.1, -0.05) is 44.7 Å². The molecule has 2 rings (SSSR count). The van der Waals surface area contributed by atoms with E-state index in [1.165, 1.54) is 29.5 Å². The SMILES string of the molecule is CC(C)(C)c1ccc(Sc2ccc([OH2+])cc2S(=O)(=O)O)cc1. The van der Waals surface area contributed by atoms with E-state index in [9.17, 15) is 13.0 Å². The van der Waals surface area contributed by atoms with E-state index in [1.54, 1.807) is 0 Å². The first-order valence-corrected chi connectivity index (χ1v) is 8.94. The van der Waals surface area contributed by atoms with Crippen LogP contribution in [0.3, 0.4) is 0 Å². The van der Waals surface area contributed by atoms with Gasteiger partial charge < -0.3 is 5.11 Å². The smallest absolute Gasteiger partial charge is 0.296 e. The van der Waals surface area contributed by atoms with Crippen LogP contribution in [0.4, 0.5) is 0 Å². The third-order valence-corrected chi connectivity index (χ3v) is 5.28. The summed E-state index contributed by atoms with van der Waals surface area (Å²) in [6.45, 7) is 6.37. The molecule has 0 aliphatic carbocycles. The lowest BCUT2D eigenvalue weighted by atomic mass is 9.87. The van der Waals surface area contributed by atoms with Gasteiger partial charge in [-0.15, -0.1) is 0 Å². The van der Waals surface area contributed by atoms with Crippen LogP contribution in [-0.2, 0) is 15.5 Å². The summed E-state index contributed by atoms with van der Waals surface area (Å²) in [5.74, 6) is 0.0417. The van der Waals surface area contributed by atoms with E-state index in [4.69, 9.17) is 5.11 Å². The molecular weight excluding hydrogens is 320 g/mol. The molecular formula is C16H19O4S2+. The highest BCUT2D eigenvalue weighted by Gasteiger charge is 2.19. The van der Waals surface area contributed by atoms with Crippen LogP contribution in [0.25, 0.3) is 0 Å². The second kappa shape index (κ2) is 5.95. The zero-order chi connectivity index (χ0) is 16.5. The molecule has 0 aliphatic heterocycles. The normalized spacial score (nSPS) is 12.4. The highest BCUT2D eigenvalue weighted by atomic mass is 32.2. The van der Waals surface area contributed by atoms with Crippen LogP contribution in [0.1, 0.15) is 26.3 Å². The van der Waals surface area contributed by atoms with Gasteiger partial charge in [0.05, 0.1) is 6.07 Å². The Labute approximate surface area is 134 Å². The first kappa shape index (κ1) is 16.9. The molecule has 0 saturated carbocycles. The molecule has 3 N–H and O–H groups in total. The fraction of sp³-hybridized carbons (Fsp3) is 0.250. The fourth-order valence-corrected chi connectivity index (χ4v) is 3.80. The number of hydrogen-bond acceptors (Lipinski definition) is 3. The summed E-state index contributed by atoms with van der Waals surface area (Å²) < 4.78 is 32.2. The van der Waals surface area contributed by atoms with Crippen molar-refractivity contribution in [1.29, 1.82) is 0 Å². The summed E-state index contributed by atoms with van der Waals surface area (Å²) in [6.07, 6.45) is 0. The molecule has 2 aromatic carbocycles.